The van der Waals surface area contributed by atoms with Crippen LogP contribution in [0.25, 0.3) is 0 Å². The van der Waals surface area contributed by atoms with Gasteiger partial charge in [0.25, 0.3) is 0 Å². The number of hydrogen-bond donors (Lipinski definition) is 2. The summed E-state index contributed by atoms with van der Waals surface area (Å²) in [6.07, 6.45) is 0. The minimum atomic E-state index is -0.422. The van der Waals surface area contributed by atoms with Crippen molar-refractivity contribution in [3.05, 3.63) is 29.6 Å². The monoisotopic (exact) mass is 280 g/mol. The highest BCUT2D eigenvalue weighted by Crippen LogP contribution is 2.28. The first kappa shape index (κ1) is 14.8. The molecular weight excluding hydrogens is 259 g/mol. The number of methoxy groups -OCH3 is 1. The van der Waals surface area contributed by atoms with Crippen LogP contribution in [0.2, 0.25) is 0 Å². The molecule has 110 valence electrons. The SMILES string of the molecule is COc1cccc(F)c1C(C)NC(=O)C(C)C1CNC1. The van der Waals surface area contributed by atoms with Crippen molar-refractivity contribution in [2.24, 2.45) is 11.8 Å². The Morgan fingerprint density at radius 2 is 2.15 bits per heavy atom. The maximum atomic E-state index is 13.9. The zero-order valence-corrected chi connectivity index (χ0v) is 12.1. The van der Waals surface area contributed by atoms with Gasteiger partial charge in [0.05, 0.1) is 18.7 Å². The van der Waals surface area contributed by atoms with Crippen LogP contribution in [0.5, 0.6) is 5.75 Å². The molecule has 2 atom stereocenters. The molecule has 1 aliphatic heterocycles. The van der Waals surface area contributed by atoms with E-state index in [4.69, 9.17) is 4.74 Å². The van der Waals surface area contributed by atoms with Crippen molar-refractivity contribution in [1.29, 1.82) is 0 Å². The summed E-state index contributed by atoms with van der Waals surface area (Å²) in [5, 5.41) is 6.02. The summed E-state index contributed by atoms with van der Waals surface area (Å²) in [5.41, 5.74) is 0.391. The van der Waals surface area contributed by atoms with E-state index in [-0.39, 0.29) is 17.6 Å². The smallest absolute Gasteiger partial charge is 0.223 e. The first-order valence-corrected chi connectivity index (χ1v) is 6.88. The molecule has 2 N–H and O–H groups in total. The number of ether oxygens (including phenoxy) is 1. The largest absolute Gasteiger partial charge is 0.496 e. The summed E-state index contributed by atoms with van der Waals surface area (Å²) in [6, 6.07) is 4.24. The Bertz CT molecular complexity index is 489. The van der Waals surface area contributed by atoms with E-state index in [1.165, 1.54) is 13.2 Å². The molecule has 1 amide bonds. The standard InChI is InChI=1S/C15H21FN2O2/c1-9(11-7-17-8-11)15(19)18-10(2)14-12(16)5-4-6-13(14)20-3/h4-6,9-11,17H,7-8H2,1-3H3,(H,18,19). The van der Waals surface area contributed by atoms with Gasteiger partial charge in [0, 0.05) is 5.92 Å². The fourth-order valence-corrected chi connectivity index (χ4v) is 2.41. The van der Waals surface area contributed by atoms with Crippen LogP contribution < -0.4 is 15.4 Å². The maximum absolute atomic E-state index is 13.9. The summed E-state index contributed by atoms with van der Waals surface area (Å²) < 4.78 is 19.1. The van der Waals surface area contributed by atoms with Crippen LogP contribution in [0, 0.1) is 17.7 Å². The van der Waals surface area contributed by atoms with Gasteiger partial charge in [-0.3, -0.25) is 4.79 Å². The number of carbonyl (C=O) groups excluding carboxylic acids is 1. The normalized spacial score (nSPS) is 18.0. The lowest BCUT2D eigenvalue weighted by Crippen LogP contribution is -2.49. The van der Waals surface area contributed by atoms with Gasteiger partial charge in [0.15, 0.2) is 0 Å². The van der Waals surface area contributed by atoms with Crippen molar-refractivity contribution in [3.8, 4) is 5.75 Å². The zero-order valence-electron chi connectivity index (χ0n) is 12.1. The van der Waals surface area contributed by atoms with E-state index in [0.29, 0.717) is 17.2 Å². The van der Waals surface area contributed by atoms with Crippen LogP contribution in [0.15, 0.2) is 18.2 Å². The minimum Gasteiger partial charge on any atom is -0.496 e. The predicted octanol–water partition coefficient (Wildman–Crippen LogP) is 1.87. The highest BCUT2D eigenvalue weighted by molar-refractivity contribution is 5.79. The molecule has 1 fully saturated rings. The van der Waals surface area contributed by atoms with Gasteiger partial charge in [-0.25, -0.2) is 4.39 Å². The fraction of sp³-hybridized carbons (Fsp3) is 0.533. The van der Waals surface area contributed by atoms with Gasteiger partial charge in [-0.1, -0.05) is 13.0 Å². The van der Waals surface area contributed by atoms with Gasteiger partial charge >= 0.3 is 0 Å². The molecule has 2 unspecified atom stereocenters. The van der Waals surface area contributed by atoms with Crippen molar-refractivity contribution >= 4 is 5.91 Å². The van der Waals surface area contributed by atoms with E-state index in [0.717, 1.165) is 13.1 Å². The quantitative estimate of drug-likeness (QED) is 0.865. The van der Waals surface area contributed by atoms with Crippen LogP contribution in [0.4, 0.5) is 4.39 Å². The molecule has 0 aliphatic carbocycles. The van der Waals surface area contributed by atoms with Gasteiger partial charge in [-0.05, 0) is 38.1 Å². The van der Waals surface area contributed by atoms with E-state index < -0.39 is 6.04 Å². The molecule has 0 saturated carbocycles. The van der Waals surface area contributed by atoms with Gasteiger partial charge < -0.3 is 15.4 Å². The third kappa shape index (κ3) is 2.93. The lowest BCUT2D eigenvalue weighted by atomic mass is 9.88. The number of amides is 1. The van der Waals surface area contributed by atoms with Gasteiger partial charge in [0.1, 0.15) is 11.6 Å². The second-order valence-electron chi connectivity index (χ2n) is 5.29. The molecule has 5 heteroatoms. The lowest BCUT2D eigenvalue weighted by molar-refractivity contribution is -0.127. The van der Waals surface area contributed by atoms with Gasteiger partial charge in [-0.2, -0.15) is 0 Å². The average molecular weight is 280 g/mol. The Labute approximate surface area is 118 Å². The molecular formula is C15H21FN2O2. The Morgan fingerprint density at radius 1 is 1.45 bits per heavy atom. The molecule has 0 radical (unpaired) electrons. The number of nitrogens with one attached hydrogen (secondary N) is 2. The van der Waals surface area contributed by atoms with E-state index >= 15 is 0 Å². The van der Waals surface area contributed by atoms with Crippen LogP contribution >= 0.6 is 0 Å². The molecule has 0 spiro atoms. The second kappa shape index (κ2) is 6.22. The number of carbonyl (C=O) groups is 1. The topological polar surface area (TPSA) is 50.4 Å². The molecule has 1 heterocycles. The van der Waals surface area contributed by atoms with E-state index in [1.807, 2.05) is 6.92 Å². The minimum absolute atomic E-state index is 0.0469. The molecule has 1 aliphatic rings. The Balaban J connectivity index is 2.07. The van der Waals surface area contributed by atoms with Crippen LogP contribution in [0.1, 0.15) is 25.5 Å². The van der Waals surface area contributed by atoms with Gasteiger partial charge in [-0.15, -0.1) is 0 Å². The second-order valence-corrected chi connectivity index (χ2v) is 5.29. The first-order valence-electron chi connectivity index (χ1n) is 6.88. The lowest BCUT2D eigenvalue weighted by Gasteiger charge is -2.32. The van der Waals surface area contributed by atoms with Crippen LogP contribution in [-0.4, -0.2) is 26.1 Å². The molecule has 1 aromatic carbocycles. The Kier molecular flexibility index (Phi) is 4.60. The van der Waals surface area contributed by atoms with Crippen molar-refractivity contribution in [2.75, 3.05) is 20.2 Å². The molecule has 1 aromatic rings. The molecule has 0 bridgehead atoms. The molecule has 2 rings (SSSR count). The Morgan fingerprint density at radius 3 is 2.70 bits per heavy atom. The highest BCUT2D eigenvalue weighted by atomic mass is 19.1. The molecule has 4 nitrogen and oxygen atoms in total. The van der Waals surface area contributed by atoms with Crippen molar-refractivity contribution < 1.29 is 13.9 Å². The van der Waals surface area contributed by atoms with E-state index in [1.54, 1.807) is 19.1 Å². The molecule has 0 aromatic heterocycles. The van der Waals surface area contributed by atoms with Crippen LogP contribution in [0.3, 0.4) is 0 Å². The number of halogens is 1. The van der Waals surface area contributed by atoms with Crippen molar-refractivity contribution in [2.45, 2.75) is 19.9 Å². The molecule has 1 saturated heterocycles. The van der Waals surface area contributed by atoms with Crippen molar-refractivity contribution in [3.63, 3.8) is 0 Å². The first-order chi connectivity index (χ1) is 9.54. The average Bonchev–Trinajstić information content (AvgIpc) is 2.35. The summed E-state index contributed by atoms with van der Waals surface area (Å²) in [7, 11) is 1.50. The fourth-order valence-electron chi connectivity index (χ4n) is 2.41. The number of hydrogen-bond acceptors (Lipinski definition) is 3. The molecule has 20 heavy (non-hydrogen) atoms. The third-order valence-electron chi connectivity index (χ3n) is 3.96. The third-order valence-corrected chi connectivity index (χ3v) is 3.96. The summed E-state index contributed by atoms with van der Waals surface area (Å²) in [5.74, 6) is 0.335. The maximum Gasteiger partial charge on any atom is 0.223 e. The summed E-state index contributed by atoms with van der Waals surface area (Å²) >= 11 is 0. The van der Waals surface area contributed by atoms with Crippen molar-refractivity contribution in [1.82, 2.24) is 10.6 Å². The van der Waals surface area contributed by atoms with E-state index in [2.05, 4.69) is 10.6 Å². The van der Waals surface area contributed by atoms with E-state index in [9.17, 15) is 9.18 Å². The summed E-state index contributed by atoms with van der Waals surface area (Å²) in [4.78, 5) is 12.2. The van der Waals surface area contributed by atoms with Gasteiger partial charge in [0.2, 0.25) is 5.91 Å². The number of rotatable bonds is 5. The predicted molar refractivity (Wildman–Crippen MR) is 75.0 cm³/mol. The van der Waals surface area contributed by atoms with Crippen LogP contribution in [-0.2, 0) is 4.79 Å². The summed E-state index contributed by atoms with van der Waals surface area (Å²) in [6.45, 7) is 5.41. The Hall–Kier alpha value is -1.62. The number of benzene rings is 1. The zero-order chi connectivity index (χ0) is 14.7. The highest BCUT2D eigenvalue weighted by Gasteiger charge is 2.30.